The molecule has 3 nitrogen and oxygen atoms in total. The van der Waals surface area contributed by atoms with Crippen LogP contribution in [-0.4, -0.2) is 17.0 Å². The van der Waals surface area contributed by atoms with Crippen LogP contribution in [-0.2, 0) is 6.54 Å². The highest BCUT2D eigenvalue weighted by Crippen LogP contribution is 2.17. The van der Waals surface area contributed by atoms with Crippen LogP contribution in [0.1, 0.15) is 16.8 Å². The van der Waals surface area contributed by atoms with Crippen molar-refractivity contribution in [3.8, 4) is 0 Å². The highest BCUT2D eigenvalue weighted by atomic mass is 35.5. The summed E-state index contributed by atoms with van der Waals surface area (Å²) in [5.74, 6) is -0.738. The number of hydrogen-bond donors (Lipinski definition) is 1. The van der Waals surface area contributed by atoms with Gasteiger partial charge in [0.2, 0.25) is 0 Å². The minimum atomic E-state index is -0.453. The fraction of sp³-hybridized carbons (Fsp3) is 0.167. The van der Waals surface area contributed by atoms with Gasteiger partial charge in [0.05, 0.1) is 10.6 Å². The number of benzene rings is 2. The van der Waals surface area contributed by atoms with Crippen molar-refractivity contribution in [2.45, 2.75) is 13.0 Å². The third-order valence-electron chi connectivity index (χ3n) is 3.72. The van der Waals surface area contributed by atoms with Crippen molar-refractivity contribution >= 4 is 28.4 Å². The number of carbonyl (C=O) groups is 1. The third-order valence-corrected chi connectivity index (χ3v) is 4.03. The molecule has 1 N–H and O–H groups in total. The summed E-state index contributed by atoms with van der Waals surface area (Å²) in [4.78, 5) is 12.0. The van der Waals surface area contributed by atoms with Crippen molar-refractivity contribution in [3.63, 3.8) is 0 Å². The Morgan fingerprint density at radius 3 is 2.83 bits per heavy atom. The van der Waals surface area contributed by atoms with E-state index in [1.807, 2.05) is 18.3 Å². The van der Waals surface area contributed by atoms with Gasteiger partial charge in [0.1, 0.15) is 5.82 Å². The minimum absolute atomic E-state index is 0.124. The number of fused-ring (bicyclic) bond motifs is 1. The molecule has 1 amide bonds. The quantitative estimate of drug-likeness (QED) is 0.697. The lowest BCUT2D eigenvalue weighted by molar-refractivity contribution is 0.0953. The lowest BCUT2D eigenvalue weighted by atomic mass is 10.2. The summed E-state index contributed by atoms with van der Waals surface area (Å²) >= 11 is 5.88. The topological polar surface area (TPSA) is 34.0 Å². The van der Waals surface area contributed by atoms with Gasteiger partial charge in [-0.1, -0.05) is 29.8 Å². The van der Waals surface area contributed by atoms with Gasteiger partial charge >= 0.3 is 0 Å². The number of aryl methyl sites for hydroxylation is 1. The minimum Gasteiger partial charge on any atom is -0.352 e. The van der Waals surface area contributed by atoms with Crippen molar-refractivity contribution < 1.29 is 9.18 Å². The van der Waals surface area contributed by atoms with Crippen LogP contribution >= 0.6 is 11.6 Å². The summed E-state index contributed by atoms with van der Waals surface area (Å²) in [6, 6.07) is 14.0. The molecule has 2 aromatic carbocycles. The molecule has 1 aromatic heterocycles. The summed E-state index contributed by atoms with van der Waals surface area (Å²) in [5.41, 5.74) is 1.47. The van der Waals surface area contributed by atoms with Crippen molar-refractivity contribution in [2.75, 3.05) is 6.54 Å². The largest absolute Gasteiger partial charge is 0.352 e. The SMILES string of the molecule is O=C(NCCCn1ccc2ccccc21)c1ccc(F)cc1Cl. The van der Waals surface area contributed by atoms with Gasteiger partial charge in [-0.25, -0.2) is 4.39 Å². The first-order chi connectivity index (χ1) is 11.1. The highest BCUT2D eigenvalue weighted by molar-refractivity contribution is 6.33. The average Bonchev–Trinajstić information content (AvgIpc) is 2.94. The van der Waals surface area contributed by atoms with Crippen LogP contribution in [0.5, 0.6) is 0 Å². The molecule has 0 aliphatic heterocycles. The standard InChI is InChI=1S/C18H16ClFN2O/c19-16-12-14(20)6-7-15(16)18(23)21-9-3-10-22-11-8-13-4-1-2-5-17(13)22/h1-2,4-8,11-12H,3,9-10H2,(H,21,23). The number of rotatable bonds is 5. The van der Waals surface area contributed by atoms with Crippen LogP contribution < -0.4 is 5.32 Å². The van der Waals surface area contributed by atoms with Crippen LogP contribution in [0.15, 0.2) is 54.7 Å². The number of nitrogens with one attached hydrogen (secondary N) is 1. The summed E-state index contributed by atoms with van der Waals surface area (Å²) in [6.45, 7) is 1.34. The zero-order chi connectivity index (χ0) is 16.2. The molecule has 0 radical (unpaired) electrons. The molecule has 3 rings (SSSR count). The van der Waals surface area contributed by atoms with E-state index >= 15 is 0 Å². The zero-order valence-electron chi connectivity index (χ0n) is 12.4. The number of nitrogens with zero attached hydrogens (tertiary/aromatic N) is 1. The van der Waals surface area contributed by atoms with Crippen LogP contribution in [0.3, 0.4) is 0 Å². The number of amides is 1. The first-order valence-electron chi connectivity index (χ1n) is 7.42. The van der Waals surface area contributed by atoms with Gasteiger partial charge < -0.3 is 9.88 Å². The Hall–Kier alpha value is -2.33. The number of aromatic nitrogens is 1. The fourth-order valence-electron chi connectivity index (χ4n) is 2.56. The lowest BCUT2D eigenvalue weighted by Crippen LogP contribution is -2.25. The highest BCUT2D eigenvalue weighted by Gasteiger charge is 2.10. The van der Waals surface area contributed by atoms with Crippen LogP contribution in [0.2, 0.25) is 5.02 Å². The Balaban J connectivity index is 1.54. The number of hydrogen-bond acceptors (Lipinski definition) is 1. The second kappa shape index (κ2) is 6.84. The maximum absolute atomic E-state index is 13.0. The molecular weight excluding hydrogens is 315 g/mol. The molecule has 0 atom stereocenters. The normalized spacial score (nSPS) is 10.9. The van der Waals surface area contributed by atoms with Gasteiger partial charge in [-0.3, -0.25) is 4.79 Å². The van der Waals surface area contributed by atoms with Crippen LogP contribution in [0.25, 0.3) is 10.9 Å². The predicted octanol–water partition coefficient (Wildman–Crippen LogP) is 4.25. The van der Waals surface area contributed by atoms with E-state index in [1.54, 1.807) is 0 Å². The first kappa shape index (κ1) is 15.6. The maximum Gasteiger partial charge on any atom is 0.252 e. The Kier molecular flexibility index (Phi) is 4.63. The van der Waals surface area contributed by atoms with Crippen molar-refractivity contribution in [1.82, 2.24) is 9.88 Å². The molecule has 0 aliphatic rings. The molecule has 0 unspecified atom stereocenters. The number of carbonyl (C=O) groups excluding carboxylic acids is 1. The molecule has 1 heterocycles. The summed E-state index contributed by atoms with van der Waals surface area (Å²) in [5, 5.41) is 4.14. The molecule has 23 heavy (non-hydrogen) atoms. The van der Waals surface area contributed by atoms with E-state index in [0.717, 1.165) is 19.0 Å². The van der Waals surface area contributed by atoms with E-state index in [9.17, 15) is 9.18 Å². The summed E-state index contributed by atoms with van der Waals surface area (Å²) in [7, 11) is 0. The second-order valence-corrected chi connectivity index (χ2v) is 5.71. The molecule has 0 saturated carbocycles. The molecule has 0 bridgehead atoms. The van der Waals surface area contributed by atoms with Crippen LogP contribution in [0, 0.1) is 5.82 Å². The zero-order valence-corrected chi connectivity index (χ0v) is 13.2. The fourth-order valence-corrected chi connectivity index (χ4v) is 2.81. The van der Waals surface area contributed by atoms with Gasteiger partial charge in [-0.05, 0) is 42.1 Å². The van der Waals surface area contributed by atoms with E-state index in [2.05, 4.69) is 28.1 Å². The molecule has 3 aromatic rings. The maximum atomic E-state index is 13.0. The molecular formula is C18H16ClFN2O. The van der Waals surface area contributed by atoms with E-state index in [0.29, 0.717) is 12.1 Å². The van der Waals surface area contributed by atoms with Gasteiger partial charge in [-0.15, -0.1) is 0 Å². The summed E-state index contributed by atoms with van der Waals surface area (Å²) < 4.78 is 15.1. The number of para-hydroxylation sites is 1. The van der Waals surface area contributed by atoms with Crippen LogP contribution in [0.4, 0.5) is 4.39 Å². The average molecular weight is 331 g/mol. The van der Waals surface area contributed by atoms with E-state index in [4.69, 9.17) is 11.6 Å². The Bertz CT molecular complexity index is 844. The second-order valence-electron chi connectivity index (χ2n) is 5.30. The molecule has 118 valence electrons. The van der Waals surface area contributed by atoms with Gasteiger partial charge in [0.25, 0.3) is 5.91 Å². The van der Waals surface area contributed by atoms with Crippen molar-refractivity contribution in [3.05, 3.63) is 71.1 Å². The molecule has 0 aliphatic carbocycles. The van der Waals surface area contributed by atoms with E-state index < -0.39 is 5.82 Å². The van der Waals surface area contributed by atoms with Crippen molar-refractivity contribution in [2.24, 2.45) is 0 Å². The van der Waals surface area contributed by atoms with E-state index in [1.165, 1.54) is 23.0 Å². The first-order valence-corrected chi connectivity index (χ1v) is 7.80. The third kappa shape index (κ3) is 3.54. The van der Waals surface area contributed by atoms with Gasteiger partial charge in [0.15, 0.2) is 0 Å². The summed E-state index contributed by atoms with van der Waals surface area (Å²) in [6.07, 6.45) is 2.84. The Morgan fingerprint density at radius 2 is 2.00 bits per heavy atom. The predicted molar refractivity (Wildman–Crippen MR) is 90.3 cm³/mol. The van der Waals surface area contributed by atoms with E-state index in [-0.39, 0.29) is 10.9 Å². The lowest BCUT2D eigenvalue weighted by Gasteiger charge is -2.08. The smallest absolute Gasteiger partial charge is 0.252 e. The van der Waals surface area contributed by atoms with Gasteiger partial charge in [-0.2, -0.15) is 0 Å². The molecule has 0 spiro atoms. The monoisotopic (exact) mass is 330 g/mol. The molecule has 5 heteroatoms. The Labute approximate surface area is 138 Å². The molecule has 0 fully saturated rings. The van der Waals surface area contributed by atoms with Crippen molar-refractivity contribution in [1.29, 1.82) is 0 Å². The van der Waals surface area contributed by atoms with Gasteiger partial charge in [0, 0.05) is 24.8 Å². The Morgan fingerprint density at radius 1 is 1.17 bits per heavy atom. The number of halogens is 2. The molecule has 0 saturated heterocycles.